The standard InChI is InChI=1S/C14H17NO/c1-11(12-6-3-2-4-7-12)15-13-8-5-9-14(16)10-13/h2-4,6-7,10-11,15H,5,8-9H2,1H3/t11-/m1/s1. The quantitative estimate of drug-likeness (QED) is 0.839. The van der Waals surface area contributed by atoms with Crippen molar-refractivity contribution in [1.82, 2.24) is 5.32 Å². The Labute approximate surface area is 96.4 Å². The summed E-state index contributed by atoms with van der Waals surface area (Å²) in [6.07, 6.45) is 4.41. The fourth-order valence-corrected chi connectivity index (χ4v) is 2.01. The Bertz CT molecular complexity index is 394. The summed E-state index contributed by atoms with van der Waals surface area (Å²) in [4.78, 5) is 11.3. The highest BCUT2D eigenvalue weighted by molar-refractivity contribution is 5.91. The molecular weight excluding hydrogens is 198 g/mol. The Morgan fingerprint density at radius 3 is 2.62 bits per heavy atom. The highest BCUT2D eigenvalue weighted by Crippen LogP contribution is 2.18. The second-order valence-electron chi connectivity index (χ2n) is 4.27. The summed E-state index contributed by atoms with van der Waals surface area (Å²) in [5.74, 6) is 0.244. The Kier molecular flexibility index (Phi) is 3.40. The Balaban J connectivity index is 2.02. The van der Waals surface area contributed by atoms with Gasteiger partial charge in [-0.05, 0) is 25.3 Å². The zero-order valence-corrected chi connectivity index (χ0v) is 9.57. The van der Waals surface area contributed by atoms with Gasteiger partial charge in [-0.25, -0.2) is 0 Å². The van der Waals surface area contributed by atoms with Crippen molar-refractivity contribution in [3.8, 4) is 0 Å². The van der Waals surface area contributed by atoms with E-state index in [1.165, 1.54) is 5.56 Å². The van der Waals surface area contributed by atoms with E-state index in [1.54, 1.807) is 6.08 Å². The van der Waals surface area contributed by atoms with Gasteiger partial charge >= 0.3 is 0 Å². The van der Waals surface area contributed by atoms with E-state index in [0.29, 0.717) is 6.42 Å². The smallest absolute Gasteiger partial charge is 0.157 e. The fourth-order valence-electron chi connectivity index (χ4n) is 2.01. The first-order valence-electron chi connectivity index (χ1n) is 5.80. The molecule has 0 unspecified atom stereocenters. The van der Waals surface area contributed by atoms with Gasteiger partial charge in [-0.1, -0.05) is 30.3 Å². The first-order valence-corrected chi connectivity index (χ1v) is 5.80. The van der Waals surface area contributed by atoms with Gasteiger partial charge in [0.15, 0.2) is 5.78 Å². The van der Waals surface area contributed by atoms with Crippen LogP contribution in [0, 0.1) is 0 Å². The molecule has 1 aromatic carbocycles. The maximum atomic E-state index is 11.3. The highest BCUT2D eigenvalue weighted by atomic mass is 16.1. The topological polar surface area (TPSA) is 29.1 Å². The van der Waals surface area contributed by atoms with E-state index in [0.717, 1.165) is 18.5 Å². The Morgan fingerprint density at radius 1 is 1.19 bits per heavy atom. The average Bonchev–Trinajstić information content (AvgIpc) is 2.30. The molecule has 0 aromatic heterocycles. The van der Waals surface area contributed by atoms with Crippen LogP contribution >= 0.6 is 0 Å². The van der Waals surface area contributed by atoms with Crippen LogP contribution in [-0.2, 0) is 4.79 Å². The summed E-state index contributed by atoms with van der Waals surface area (Å²) >= 11 is 0. The molecule has 0 radical (unpaired) electrons. The van der Waals surface area contributed by atoms with Gasteiger partial charge in [-0.2, -0.15) is 0 Å². The number of hydrogen-bond donors (Lipinski definition) is 1. The lowest BCUT2D eigenvalue weighted by molar-refractivity contribution is -0.115. The van der Waals surface area contributed by atoms with Crippen LogP contribution in [-0.4, -0.2) is 5.78 Å². The van der Waals surface area contributed by atoms with Crippen molar-refractivity contribution in [3.05, 3.63) is 47.7 Å². The summed E-state index contributed by atoms with van der Waals surface area (Å²) in [7, 11) is 0. The summed E-state index contributed by atoms with van der Waals surface area (Å²) < 4.78 is 0. The SMILES string of the molecule is C[C@@H](NC1=CC(=O)CCC1)c1ccccc1. The molecule has 0 bridgehead atoms. The predicted molar refractivity (Wildman–Crippen MR) is 64.9 cm³/mol. The number of allylic oxidation sites excluding steroid dienone is 2. The molecule has 2 heteroatoms. The van der Waals surface area contributed by atoms with E-state index in [2.05, 4.69) is 24.4 Å². The molecule has 0 spiro atoms. The summed E-state index contributed by atoms with van der Waals surface area (Å²) in [5, 5.41) is 3.41. The maximum Gasteiger partial charge on any atom is 0.157 e. The van der Waals surface area contributed by atoms with Crippen LogP contribution in [0.2, 0.25) is 0 Å². The third-order valence-corrected chi connectivity index (χ3v) is 2.91. The van der Waals surface area contributed by atoms with Crippen LogP contribution in [0.5, 0.6) is 0 Å². The Hall–Kier alpha value is -1.57. The van der Waals surface area contributed by atoms with Crippen molar-refractivity contribution in [3.63, 3.8) is 0 Å². The molecule has 84 valence electrons. The molecular formula is C14H17NO. The third kappa shape index (κ3) is 2.72. The molecule has 2 rings (SSSR count). The second kappa shape index (κ2) is 4.97. The van der Waals surface area contributed by atoms with Crippen LogP contribution in [0.15, 0.2) is 42.1 Å². The summed E-state index contributed by atoms with van der Waals surface area (Å²) in [5.41, 5.74) is 2.33. The van der Waals surface area contributed by atoms with E-state index in [9.17, 15) is 4.79 Å². The van der Waals surface area contributed by atoms with Crippen molar-refractivity contribution in [2.24, 2.45) is 0 Å². The first-order chi connectivity index (χ1) is 7.75. The number of nitrogens with one attached hydrogen (secondary N) is 1. The number of ketones is 1. The van der Waals surface area contributed by atoms with Gasteiger partial charge in [0.2, 0.25) is 0 Å². The van der Waals surface area contributed by atoms with Crippen LogP contribution < -0.4 is 5.32 Å². The molecule has 1 aromatic rings. The van der Waals surface area contributed by atoms with E-state index in [4.69, 9.17) is 0 Å². The zero-order chi connectivity index (χ0) is 11.4. The minimum Gasteiger partial charge on any atom is -0.382 e. The van der Waals surface area contributed by atoms with Crippen molar-refractivity contribution in [2.75, 3.05) is 0 Å². The Morgan fingerprint density at radius 2 is 1.94 bits per heavy atom. The van der Waals surface area contributed by atoms with Gasteiger partial charge in [0.05, 0.1) is 0 Å². The molecule has 16 heavy (non-hydrogen) atoms. The molecule has 0 fully saturated rings. The molecule has 0 saturated heterocycles. The van der Waals surface area contributed by atoms with Gasteiger partial charge in [0.1, 0.15) is 0 Å². The van der Waals surface area contributed by atoms with Crippen LogP contribution in [0.1, 0.15) is 37.8 Å². The minimum absolute atomic E-state index is 0.244. The number of benzene rings is 1. The molecule has 1 aliphatic rings. The average molecular weight is 215 g/mol. The lowest BCUT2D eigenvalue weighted by Gasteiger charge is -2.20. The molecule has 0 heterocycles. The lowest BCUT2D eigenvalue weighted by Crippen LogP contribution is -2.21. The number of carbonyl (C=O) groups is 1. The molecule has 1 N–H and O–H groups in total. The fraction of sp³-hybridized carbons (Fsp3) is 0.357. The number of rotatable bonds is 3. The number of carbonyl (C=O) groups excluding carboxylic acids is 1. The molecule has 1 atom stereocenters. The van der Waals surface area contributed by atoms with Gasteiger partial charge in [-0.15, -0.1) is 0 Å². The third-order valence-electron chi connectivity index (χ3n) is 2.91. The van der Waals surface area contributed by atoms with Crippen molar-refractivity contribution < 1.29 is 4.79 Å². The summed E-state index contributed by atoms with van der Waals surface area (Å²) in [6, 6.07) is 10.5. The predicted octanol–water partition coefficient (Wildman–Crippen LogP) is 2.97. The van der Waals surface area contributed by atoms with Crippen molar-refractivity contribution >= 4 is 5.78 Å². The van der Waals surface area contributed by atoms with E-state index in [1.807, 2.05) is 18.2 Å². The van der Waals surface area contributed by atoms with Crippen molar-refractivity contribution in [2.45, 2.75) is 32.2 Å². The molecule has 0 aliphatic heterocycles. The van der Waals surface area contributed by atoms with Crippen LogP contribution in [0.3, 0.4) is 0 Å². The maximum absolute atomic E-state index is 11.3. The second-order valence-corrected chi connectivity index (χ2v) is 4.27. The largest absolute Gasteiger partial charge is 0.382 e. The molecule has 1 aliphatic carbocycles. The minimum atomic E-state index is 0.244. The molecule has 0 amide bonds. The van der Waals surface area contributed by atoms with Gasteiger partial charge < -0.3 is 5.32 Å². The van der Waals surface area contributed by atoms with E-state index < -0.39 is 0 Å². The first kappa shape index (κ1) is 10.9. The summed E-state index contributed by atoms with van der Waals surface area (Å²) in [6.45, 7) is 2.12. The number of hydrogen-bond acceptors (Lipinski definition) is 2. The van der Waals surface area contributed by atoms with E-state index >= 15 is 0 Å². The zero-order valence-electron chi connectivity index (χ0n) is 9.57. The molecule has 2 nitrogen and oxygen atoms in total. The van der Waals surface area contributed by atoms with Crippen LogP contribution in [0.4, 0.5) is 0 Å². The normalized spacial score (nSPS) is 17.8. The van der Waals surface area contributed by atoms with Crippen LogP contribution in [0.25, 0.3) is 0 Å². The monoisotopic (exact) mass is 215 g/mol. The highest BCUT2D eigenvalue weighted by Gasteiger charge is 2.12. The van der Waals surface area contributed by atoms with Gasteiger partial charge in [0.25, 0.3) is 0 Å². The van der Waals surface area contributed by atoms with Gasteiger partial charge in [0, 0.05) is 24.2 Å². The van der Waals surface area contributed by atoms with Gasteiger partial charge in [-0.3, -0.25) is 4.79 Å². The van der Waals surface area contributed by atoms with Crippen molar-refractivity contribution in [1.29, 1.82) is 0 Å². The molecule has 0 saturated carbocycles. The van der Waals surface area contributed by atoms with E-state index in [-0.39, 0.29) is 11.8 Å². The lowest BCUT2D eigenvalue weighted by atomic mass is 10.0.